The second kappa shape index (κ2) is 12.5. The van der Waals surface area contributed by atoms with Gasteiger partial charge in [-0.1, -0.05) is 24.6 Å². The number of benzene rings is 2. The molecule has 210 valence electrons. The monoisotopic (exact) mass is 542 g/mol. The van der Waals surface area contributed by atoms with Crippen LogP contribution in [0.25, 0.3) is 10.8 Å². The first-order chi connectivity index (χ1) is 18.8. The predicted molar refractivity (Wildman–Crippen MR) is 147 cm³/mol. The fourth-order valence-electron chi connectivity index (χ4n) is 5.48. The van der Waals surface area contributed by atoms with E-state index in [1.165, 1.54) is 17.7 Å². The molecule has 2 aromatic carbocycles. The molecule has 2 saturated heterocycles. The number of carbonyl (C=O) groups is 1. The van der Waals surface area contributed by atoms with Gasteiger partial charge in [0.25, 0.3) is 0 Å². The van der Waals surface area contributed by atoms with Gasteiger partial charge in [-0.25, -0.2) is 0 Å². The van der Waals surface area contributed by atoms with Crippen molar-refractivity contribution in [2.24, 2.45) is 0 Å². The normalized spacial score (nSPS) is 17.7. The fourth-order valence-corrected chi connectivity index (χ4v) is 5.48. The SMILES string of the molecule is O=C(CCCCCN1CCN(c2cccc(C(F)(F)F)c2)CC1)n1cc2ccc(CN3CCOCC3)cc2c1. The first-order valence-electron chi connectivity index (χ1n) is 13.9. The van der Waals surface area contributed by atoms with Crippen LogP contribution in [-0.4, -0.2) is 79.3 Å². The summed E-state index contributed by atoms with van der Waals surface area (Å²) >= 11 is 0. The lowest BCUT2D eigenvalue weighted by Gasteiger charge is -2.36. The van der Waals surface area contributed by atoms with E-state index in [9.17, 15) is 18.0 Å². The van der Waals surface area contributed by atoms with Gasteiger partial charge in [0.15, 0.2) is 0 Å². The molecule has 5 rings (SSSR count). The van der Waals surface area contributed by atoms with Crippen molar-refractivity contribution >= 4 is 22.4 Å². The lowest BCUT2D eigenvalue weighted by molar-refractivity contribution is -0.137. The molecular weight excluding hydrogens is 505 g/mol. The highest BCUT2D eigenvalue weighted by molar-refractivity contribution is 5.89. The van der Waals surface area contributed by atoms with Gasteiger partial charge in [0.2, 0.25) is 5.91 Å². The van der Waals surface area contributed by atoms with E-state index in [4.69, 9.17) is 4.74 Å². The minimum Gasteiger partial charge on any atom is -0.379 e. The van der Waals surface area contributed by atoms with Gasteiger partial charge in [-0.2, -0.15) is 13.2 Å². The van der Waals surface area contributed by atoms with Crippen LogP contribution in [0, 0.1) is 0 Å². The smallest absolute Gasteiger partial charge is 0.379 e. The van der Waals surface area contributed by atoms with Crippen LogP contribution in [0.2, 0.25) is 0 Å². The number of ether oxygens (including phenoxy) is 1. The Labute approximate surface area is 227 Å². The molecule has 0 atom stereocenters. The van der Waals surface area contributed by atoms with Crippen LogP contribution >= 0.6 is 0 Å². The van der Waals surface area contributed by atoms with Crippen molar-refractivity contribution in [2.45, 2.75) is 38.4 Å². The largest absolute Gasteiger partial charge is 0.416 e. The van der Waals surface area contributed by atoms with Crippen LogP contribution in [0.1, 0.15) is 41.6 Å². The molecule has 0 unspecified atom stereocenters. The number of hydrogen-bond donors (Lipinski definition) is 0. The standard InChI is InChI=1S/C30H37F3N4O2/c31-30(32,33)27-5-4-6-28(20-27)36-13-11-34(12-14-36)10-3-1-2-7-29(38)37-22-25-9-8-24(19-26(25)23-37)21-35-15-17-39-18-16-35/h4-6,8-9,19-20,22-23H,1-3,7,10-18,21H2. The zero-order valence-electron chi connectivity index (χ0n) is 22.3. The third kappa shape index (κ3) is 7.41. The highest BCUT2D eigenvalue weighted by atomic mass is 19.4. The molecule has 0 spiro atoms. The van der Waals surface area contributed by atoms with Crippen LogP contribution in [0.15, 0.2) is 54.9 Å². The van der Waals surface area contributed by atoms with Crippen molar-refractivity contribution in [1.82, 2.24) is 14.4 Å². The number of halogens is 3. The first-order valence-corrected chi connectivity index (χ1v) is 13.9. The topological polar surface area (TPSA) is 41.0 Å². The summed E-state index contributed by atoms with van der Waals surface area (Å²) in [5.41, 5.74) is 1.29. The van der Waals surface area contributed by atoms with Crippen LogP contribution < -0.4 is 4.90 Å². The summed E-state index contributed by atoms with van der Waals surface area (Å²) < 4.78 is 46.2. The van der Waals surface area contributed by atoms with Gasteiger partial charge in [0.1, 0.15) is 0 Å². The van der Waals surface area contributed by atoms with Crippen molar-refractivity contribution in [3.8, 4) is 0 Å². The summed E-state index contributed by atoms with van der Waals surface area (Å²) in [5.74, 6) is 0.121. The molecule has 0 bridgehead atoms. The highest BCUT2D eigenvalue weighted by Gasteiger charge is 2.31. The van der Waals surface area contributed by atoms with Gasteiger partial charge < -0.3 is 9.64 Å². The molecular formula is C30H37F3N4O2. The fraction of sp³-hybridized carbons (Fsp3) is 0.500. The summed E-state index contributed by atoms with van der Waals surface area (Å²) in [6.45, 7) is 8.42. The maximum absolute atomic E-state index is 13.0. The third-order valence-corrected chi connectivity index (χ3v) is 7.78. The van der Waals surface area contributed by atoms with Crippen molar-refractivity contribution in [3.05, 3.63) is 66.0 Å². The van der Waals surface area contributed by atoms with Gasteiger partial charge in [0, 0.05) is 75.7 Å². The van der Waals surface area contributed by atoms with Gasteiger partial charge in [0.05, 0.1) is 18.8 Å². The molecule has 2 aliphatic heterocycles. The molecule has 2 fully saturated rings. The number of aromatic nitrogens is 1. The molecule has 0 radical (unpaired) electrons. The number of piperazine rings is 1. The Kier molecular flexibility index (Phi) is 8.89. The van der Waals surface area contributed by atoms with Crippen molar-refractivity contribution < 1.29 is 22.7 Å². The summed E-state index contributed by atoms with van der Waals surface area (Å²) in [5, 5.41) is 2.18. The van der Waals surface area contributed by atoms with E-state index in [2.05, 4.69) is 28.0 Å². The zero-order chi connectivity index (χ0) is 27.2. The summed E-state index contributed by atoms with van der Waals surface area (Å²) in [7, 11) is 0. The van der Waals surface area contributed by atoms with Crippen LogP contribution in [-0.2, 0) is 17.5 Å². The second-order valence-corrected chi connectivity index (χ2v) is 10.6. The summed E-state index contributed by atoms with van der Waals surface area (Å²) in [6, 6.07) is 12.0. The number of carbonyl (C=O) groups excluding carboxylic acids is 1. The maximum atomic E-state index is 13.0. The molecule has 9 heteroatoms. The molecule has 39 heavy (non-hydrogen) atoms. The number of nitrogens with zero attached hydrogens (tertiary/aromatic N) is 4. The Morgan fingerprint density at radius 2 is 1.59 bits per heavy atom. The number of morpholine rings is 1. The Bertz CT molecular complexity index is 1240. The molecule has 1 aromatic heterocycles. The van der Waals surface area contributed by atoms with E-state index in [0.29, 0.717) is 12.1 Å². The number of anilines is 1. The summed E-state index contributed by atoms with van der Waals surface area (Å²) in [6.07, 6.45) is 2.91. The quantitative estimate of drug-likeness (QED) is 0.334. The summed E-state index contributed by atoms with van der Waals surface area (Å²) in [4.78, 5) is 19.6. The van der Waals surface area contributed by atoms with Gasteiger partial charge in [-0.15, -0.1) is 0 Å². The van der Waals surface area contributed by atoms with E-state index in [-0.39, 0.29) is 5.91 Å². The van der Waals surface area contributed by atoms with Crippen LogP contribution in [0.5, 0.6) is 0 Å². The Hall–Kier alpha value is -2.88. The Morgan fingerprint density at radius 3 is 2.36 bits per heavy atom. The van der Waals surface area contributed by atoms with E-state index in [0.717, 1.165) is 102 Å². The Balaban J connectivity index is 1.01. The molecule has 3 heterocycles. The van der Waals surface area contributed by atoms with E-state index >= 15 is 0 Å². The lowest BCUT2D eigenvalue weighted by atomic mass is 10.1. The van der Waals surface area contributed by atoms with Crippen molar-refractivity contribution in [2.75, 3.05) is 63.9 Å². The van der Waals surface area contributed by atoms with Gasteiger partial charge in [-0.05, 0) is 54.6 Å². The average molecular weight is 543 g/mol. The highest BCUT2D eigenvalue weighted by Crippen LogP contribution is 2.32. The molecule has 0 aliphatic carbocycles. The van der Waals surface area contributed by atoms with E-state index < -0.39 is 11.7 Å². The average Bonchev–Trinajstić information content (AvgIpc) is 3.37. The van der Waals surface area contributed by atoms with E-state index in [1.54, 1.807) is 10.6 Å². The molecule has 0 amide bonds. The first kappa shape index (κ1) is 27.7. The molecule has 0 saturated carbocycles. The van der Waals surface area contributed by atoms with Crippen molar-refractivity contribution in [1.29, 1.82) is 0 Å². The van der Waals surface area contributed by atoms with Crippen LogP contribution in [0.4, 0.5) is 18.9 Å². The number of hydrogen-bond acceptors (Lipinski definition) is 5. The number of rotatable bonds is 9. The van der Waals surface area contributed by atoms with Crippen molar-refractivity contribution in [3.63, 3.8) is 0 Å². The number of fused-ring (bicyclic) bond motifs is 1. The number of alkyl halides is 3. The molecule has 3 aromatic rings. The maximum Gasteiger partial charge on any atom is 0.416 e. The molecule has 2 aliphatic rings. The molecule has 6 nitrogen and oxygen atoms in total. The van der Waals surface area contributed by atoms with E-state index in [1.807, 2.05) is 17.3 Å². The van der Waals surface area contributed by atoms with Gasteiger partial charge >= 0.3 is 6.18 Å². The minimum absolute atomic E-state index is 0.121. The van der Waals surface area contributed by atoms with Crippen LogP contribution in [0.3, 0.4) is 0 Å². The lowest BCUT2D eigenvalue weighted by Crippen LogP contribution is -2.46. The minimum atomic E-state index is -4.32. The van der Waals surface area contributed by atoms with Gasteiger partial charge in [-0.3, -0.25) is 19.2 Å². The molecule has 0 N–H and O–H groups in total. The Morgan fingerprint density at radius 1 is 0.821 bits per heavy atom. The number of unbranched alkanes of at least 4 members (excludes halogenated alkanes) is 2. The predicted octanol–water partition coefficient (Wildman–Crippen LogP) is 5.52. The second-order valence-electron chi connectivity index (χ2n) is 10.6. The zero-order valence-corrected chi connectivity index (χ0v) is 22.3. The third-order valence-electron chi connectivity index (χ3n) is 7.78.